The Balaban J connectivity index is 1.81. The van der Waals surface area contributed by atoms with E-state index in [9.17, 15) is 9.59 Å². The first-order chi connectivity index (χ1) is 15.1. The normalized spacial score (nSPS) is 10.6. The van der Waals surface area contributed by atoms with Gasteiger partial charge in [0, 0.05) is 10.2 Å². The molecule has 0 aliphatic heterocycles. The van der Waals surface area contributed by atoms with E-state index >= 15 is 0 Å². The largest absolute Gasteiger partial charge is 0.454 e. The average Bonchev–Trinajstić information content (AvgIpc) is 2.73. The monoisotopic (exact) mass is 618 g/mol. The third-order valence-electron chi connectivity index (χ3n) is 4.43. The summed E-state index contributed by atoms with van der Waals surface area (Å²) in [5.41, 5.74) is 1.86. The van der Waals surface area contributed by atoms with Gasteiger partial charge in [-0.3, -0.25) is 10.1 Å². The Morgan fingerprint density at radius 3 is 2.31 bits per heavy atom. The number of nitrogens with one attached hydrogen (secondary N) is 2. The molecule has 0 bridgehead atoms. The number of hydrogen-bond donors (Lipinski definition) is 2. The smallest absolute Gasteiger partial charge is 0.326 e. The second-order valence-corrected chi connectivity index (χ2v) is 9.60. The highest BCUT2D eigenvalue weighted by Crippen LogP contribution is 2.42. The first kappa shape index (κ1) is 24.9. The number of carbonyl (C=O) groups is 2. The molecule has 0 aliphatic carbocycles. The summed E-state index contributed by atoms with van der Waals surface area (Å²) in [6, 6.07) is 10.8. The molecule has 0 spiro atoms. The van der Waals surface area contributed by atoms with Gasteiger partial charge < -0.3 is 10.1 Å². The summed E-state index contributed by atoms with van der Waals surface area (Å²) in [7, 11) is 0. The summed E-state index contributed by atoms with van der Waals surface area (Å²) in [6.45, 7) is 3.52. The van der Waals surface area contributed by atoms with Crippen LogP contribution in [0.1, 0.15) is 21.5 Å². The lowest BCUT2D eigenvalue weighted by Crippen LogP contribution is -2.34. The number of aryl methyl sites for hydroxylation is 1. The lowest BCUT2D eigenvalue weighted by Gasteiger charge is -2.17. The lowest BCUT2D eigenvalue weighted by molar-refractivity contribution is 0.0967. The highest BCUT2D eigenvalue weighted by molar-refractivity contribution is 9.11. The van der Waals surface area contributed by atoms with Crippen LogP contribution in [0.4, 0.5) is 10.5 Å². The highest BCUT2D eigenvalue weighted by Gasteiger charge is 2.19. The standard InChI is InChI=1S/C22H15Br2Cl3N2O3/c1-10-7-17(28-22(31)29-21(30)12-5-3-4-6-15(12)25)11(2)19(27)20(10)32-18-9-13(23)16(26)8-14(18)24/h3-9H,1-2H3,(H2,28,29,30,31). The van der Waals surface area contributed by atoms with Crippen molar-refractivity contribution in [2.75, 3.05) is 5.32 Å². The summed E-state index contributed by atoms with van der Waals surface area (Å²) in [5.74, 6) is 0.318. The van der Waals surface area contributed by atoms with E-state index in [1.165, 1.54) is 6.07 Å². The summed E-state index contributed by atoms with van der Waals surface area (Å²) in [4.78, 5) is 24.7. The Bertz CT molecular complexity index is 1240. The summed E-state index contributed by atoms with van der Waals surface area (Å²) in [6.07, 6.45) is 0. The minimum atomic E-state index is -0.716. The van der Waals surface area contributed by atoms with E-state index < -0.39 is 11.9 Å². The molecule has 3 aromatic carbocycles. The predicted octanol–water partition coefficient (Wildman–Crippen LogP) is 8.54. The number of hydrogen-bond acceptors (Lipinski definition) is 3. The number of urea groups is 1. The molecular formula is C22H15Br2Cl3N2O3. The molecule has 0 radical (unpaired) electrons. The van der Waals surface area contributed by atoms with E-state index in [-0.39, 0.29) is 10.6 Å². The van der Waals surface area contributed by atoms with Crippen LogP contribution in [0.2, 0.25) is 15.1 Å². The van der Waals surface area contributed by atoms with Gasteiger partial charge in [0.2, 0.25) is 0 Å². The van der Waals surface area contributed by atoms with Crippen molar-refractivity contribution in [3.63, 3.8) is 0 Å². The molecule has 3 amide bonds. The fourth-order valence-corrected chi connectivity index (χ4v) is 4.32. The van der Waals surface area contributed by atoms with Crippen molar-refractivity contribution in [2.24, 2.45) is 0 Å². The molecule has 2 N–H and O–H groups in total. The molecule has 0 aromatic heterocycles. The van der Waals surface area contributed by atoms with Crippen molar-refractivity contribution in [1.29, 1.82) is 0 Å². The Labute approximate surface area is 216 Å². The van der Waals surface area contributed by atoms with Gasteiger partial charge in [0.05, 0.1) is 25.1 Å². The van der Waals surface area contributed by atoms with Crippen LogP contribution in [0.3, 0.4) is 0 Å². The maximum absolute atomic E-state index is 12.4. The predicted molar refractivity (Wildman–Crippen MR) is 136 cm³/mol. The van der Waals surface area contributed by atoms with E-state index in [1.54, 1.807) is 50.2 Å². The molecule has 0 fully saturated rings. The number of rotatable bonds is 4. The van der Waals surface area contributed by atoms with Crippen molar-refractivity contribution < 1.29 is 14.3 Å². The third kappa shape index (κ3) is 5.58. The quantitative estimate of drug-likeness (QED) is 0.287. The van der Waals surface area contributed by atoms with Crippen molar-refractivity contribution in [2.45, 2.75) is 13.8 Å². The van der Waals surface area contributed by atoms with Gasteiger partial charge in [0.25, 0.3) is 5.91 Å². The first-order valence-electron chi connectivity index (χ1n) is 9.07. The molecule has 32 heavy (non-hydrogen) atoms. The van der Waals surface area contributed by atoms with E-state index in [1.807, 2.05) is 0 Å². The van der Waals surface area contributed by atoms with Crippen LogP contribution >= 0.6 is 66.7 Å². The van der Waals surface area contributed by atoms with Gasteiger partial charge >= 0.3 is 6.03 Å². The third-order valence-corrected chi connectivity index (χ3v) is 7.03. The fourth-order valence-electron chi connectivity index (χ4n) is 2.77. The number of ether oxygens (including phenoxy) is 1. The van der Waals surface area contributed by atoms with E-state index in [2.05, 4.69) is 42.5 Å². The molecule has 3 aromatic rings. The van der Waals surface area contributed by atoms with Crippen LogP contribution in [0.5, 0.6) is 11.5 Å². The fraction of sp³-hybridized carbons (Fsp3) is 0.0909. The molecule has 0 saturated heterocycles. The zero-order chi connectivity index (χ0) is 23.6. The maximum atomic E-state index is 12.4. The molecule has 0 atom stereocenters. The number of anilines is 1. The van der Waals surface area contributed by atoms with Crippen molar-refractivity contribution in [3.8, 4) is 11.5 Å². The van der Waals surface area contributed by atoms with Crippen LogP contribution in [0.25, 0.3) is 0 Å². The molecule has 0 heterocycles. The Morgan fingerprint density at radius 2 is 1.62 bits per heavy atom. The van der Waals surface area contributed by atoms with Gasteiger partial charge in [-0.15, -0.1) is 0 Å². The molecule has 10 heteroatoms. The minimum Gasteiger partial charge on any atom is -0.454 e. The first-order valence-corrected chi connectivity index (χ1v) is 11.8. The van der Waals surface area contributed by atoms with Crippen LogP contribution in [-0.2, 0) is 0 Å². The SMILES string of the molecule is Cc1cc(NC(=O)NC(=O)c2ccccc2Cl)c(C)c(Cl)c1Oc1cc(Br)c(Cl)cc1Br. The second kappa shape index (κ2) is 10.4. The van der Waals surface area contributed by atoms with E-state index in [0.29, 0.717) is 47.3 Å². The Morgan fingerprint density at radius 1 is 0.938 bits per heavy atom. The minimum absolute atomic E-state index is 0.193. The topological polar surface area (TPSA) is 67.4 Å². The van der Waals surface area contributed by atoms with Crippen LogP contribution in [0, 0.1) is 13.8 Å². The van der Waals surface area contributed by atoms with Gasteiger partial charge in [-0.2, -0.15) is 0 Å². The molecule has 0 aliphatic rings. The second-order valence-electron chi connectivity index (χ2n) is 6.70. The maximum Gasteiger partial charge on any atom is 0.326 e. The number of amides is 3. The van der Waals surface area contributed by atoms with Crippen LogP contribution in [0.15, 0.2) is 51.4 Å². The van der Waals surface area contributed by atoms with Crippen molar-refractivity contribution in [3.05, 3.63) is 83.2 Å². The number of carbonyl (C=O) groups excluding carboxylic acids is 2. The van der Waals surface area contributed by atoms with Crippen LogP contribution in [-0.4, -0.2) is 11.9 Å². The van der Waals surface area contributed by atoms with Gasteiger partial charge in [0.1, 0.15) is 11.5 Å². The van der Waals surface area contributed by atoms with E-state index in [4.69, 9.17) is 39.5 Å². The van der Waals surface area contributed by atoms with Gasteiger partial charge in [-0.05, 0) is 87.2 Å². The van der Waals surface area contributed by atoms with Gasteiger partial charge in [-0.25, -0.2) is 4.79 Å². The summed E-state index contributed by atoms with van der Waals surface area (Å²) < 4.78 is 7.34. The Hall–Kier alpha value is -1.77. The molecule has 3 rings (SSSR count). The Kier molecular flexibility index (Phi) is 8.11. The van der Waals surface area contributed by atoms with Gasteiger partial charge in [-0.1, -0.05) is 46.9 Å². The molecule has 0 saturated carbocycles. The van der Waals surface area contributed by atoms with Crippen molar-refractivity contribution in [1.82, 2.24) is 5.32 Å². The molecular weight excluding hydrogens is 606 g/mol. The summed E-state index contributed by atoms with van der Waals surface area (Å²) in [5, 5.41) is 5.98. The number of halogens is 5. The molecule has 0 unspecified atom stereocenters. The highest BCUT2D eigenvalue weighted by atomic mass is 79.9. The average molecular weight is 622 g/mol. The lowest BCUT2D eigenvalue weighted by atomic mass is 10.1. The van der Waals surface area contributed by atoms with Gasteiger partial charge in [0.15, 0.2) is 0 Å². The number of imide groups is 1. The zero-order valence-corrected chi connectivity index (χ0v) is 22.1. The molecule has 166 valence electrons. The summed E-state index contributed by atoms with van der Waals surface area (Å²) >= 11 is 25.4. The zero-order valence-electron chi connectivity index (χ0n) is 16.7. The van der Waals surface area contributed by atoms with Crippen LogP contribution < -0.4 is 15.4 Å². The number of benzene rings is 3. The van der Waals surface area contributed by atoms with Crippen molar-refractivity contribution >= 4 is 84.3 Å². The molecule has 5 nitrogen and oxygen atoms in total. The van der Waals surface area contributed by atoms with E-state index in [0.717, 1.165) is 0 Å².